The molecule has 0 saturated heterocycles. The summed E-state index contributed by atoms with van der Waals surface area (Å²) in [5.74, 6) is -2.12. The lowest BCUT2D eigenvalue weighted by molar-refractivity contribution is -0.138. The van der Waals surface area contributed by atoms with Crippen LogP contribution in [0.3, 0.4) is 0 Å². The van der Waals surface area contributed by atoms with Gasteiger partial charge in [-0.05, 0) is 17.7 Å². The highest BCUT2D eigenvalue weighted by molar-refractivity contribution is 6.08. The van der Waals surface area contributed by atoms with Crippen LogP contribution in [0.2, 0.25) is 0 Å². The molecule has 1 unspecified atom stereocenters. The fourth-order valence-electron chi connectivity index (χ4n) is 2.45. The van der Waals surface area contributed by atoms with Crippen LogP contribution in [-0.2, 0) is 4.79 Å². The van der Waals surface area contributed by atoms with Crippen molar-refractivity contribution in [2.75, 3.05) is 11.4 Å². The third kappa shape index (κ3) is 2.20. The normalized spacial score (nSPS) is 16.6. The van der Waals surface area contributed by atoms with Crippen molar-refractivity contribution in [3.05, 3.63) is 64.2 Å². The maximum absolute atomic E-state index is 12.5. The van der Waals surface area contributed by atoms with Gasteiger partial charge >= 0.3 is 11.6 Å². The van der Waals surface area contributed by atoms with Crippen LogP contribution >= 0.6 is 0 Å². The first-order valence-electron chi connectivity index (χ1n) is 6.30. The van der Waals surface area contributed by atoms with Crippen molar-refractivity contribution in [1.29, 1.82) is 0 Å². The van der Waals surface area contributed by atoms with Gasteiger partial charge in [0.1, 0.15) is 12.2 Å². The number of hydrogen-bond donors (Lipinski definition) is 1. The molecule has 21 heavy (non-hydrogen) atoms. The van der Waals surface area contributed by atoms with Crippen molar-refractivity contribution in [1.82, 2.24) is 0 Å². The molecular weight excluding hydrogens is 274 g/mol. The second-order valence-electron chi connectivity index (χ2n) is 4.71. The van der Waals surface area contributed by atoms with Crippen molar-refractivity contribution in [2.45, 2.75) is 5.92 Å². The summed E-state index contributed by atoms with van der Waals surface area (Å²) in [7, 11) is 0. The van der Waals surface area contributed by atoms with Gasteiger partial charge in [0.2, 0.25) is 0 Å². The van der Waals surface area contributed by atoms with Gasteiger partial charge in [-0.3, -0.25) is 9.59 Å². The van der Waals surface area contributed by atoms with Gasteiger partial charge in [-0.1, -0.05) is 18.2 Å². The highest BCUT2D eigenvalue weighted by atomic mass is 16.4. The van der Waals surface area contributed by atoms with Crippen molar-refractivity contribution in [2.24, 2.45) is 0 Å². The Morgan fingerprint density at radius 1 is 1.19 bits per heavy atom. The number of anilines is 1. The maximum atomic E-state index is 12.5. The summed E-state index contributed by atoms with van der Waals surface area (Å²) in [6.45, 7) is 0.0621. The van der Waals surface area contributed by atoms with Gasteiger partial charge in [-0.2, -0.15) is 0 Å². The molecule has 0 saturated carbocycles. The van der Waals surface area contributed by atoms with Gasteiger partial charge < -0.3 is 14.4 Å². The zero-order valence-electron chi connectivity index (χ0n) is 10.9. The molecule has 1 aromatic carbocycles. The highest BCUT2D eigenvalue weighted by Gasteiger charge is 2.36. The van der Waals surface area contributed by atoms with Crippen LogP contribution in [0.25, 0.3) is 0 Å². The van der Waals surface area contributed by atoms with Gasteiger partial charge in [0.15, 0.2) is 0 Å². The molecule has 0 fully saturated rings. The largest absolute Gasteiger partial charge is 0.481 e. The minimum absolute atomic E-state index is 0.0621. The SMILES string of the molecule is O=C(O)C1CN(C(=O)c2ccc(=O)oc2)c2ccccc21. The van der Waals surface area contributed by atoms with E-state index in [1.54, 1.807) is 24.3 Å². The number of carboxylic acid groups (broad SMARTS) is 1. The van der Waals surface area contributed by atoms with Gasteiger partial charge in [-0.15, -0.1) is 0 Å². The third-order valence-electron chi connectivity index (χ3n) is 3.46. The van der Waals surface area contributed by atoms with E-state index in [4.69, 9.17) is 0 Å². The van der Waals surface area contributed by atoms with Gasteiger partial charge in [0.05, 0.1) is 5.56 Å². The molecule has 1 amide bonds. The van der Waals surface area contributed by atoms with E-state index in [0.29, 0.717) is 11.3 Å². The van der Waals surface area contributed by atoms with E-state index in [9.17, 15) is 19.5 Å². The summed E-state index contributed by atoms with van der Waals surface area (Å²) in [5.41, 5.74) is 0.837. The van der Waals surface area contributed by atoms with E-state index in [2.05, 4.69) is 4.42 Å². The van der Waals surface area contributed by atoms with Crippen LogP contribution < -0.4 is 10.5 Å². The number of carbonyl (C=O) groups is 2. The molecule has 1 N–H and O–H groups in total. The molecular formula is C15H11NO5. The Hall–Kier alpha value is -2.89. The highest BCUT2D eigenvalue weighted by Crippen LogP contribution is 2.36. The van der Waals surface area contributed by atoms with Crippen molar-refractivity contribution < 1.29 is 19.1 Å². The fraction of sp³-hybridized carbons (Fsp3) is 0.133. The molecule has 1 aliphatic heterocycles. The van der Waals surface area contributed by atoms with Crippen molar-refractivity contribution in [3.63, 3.8) is 0 Å². The number of amides is 1. The first-order chi connectivity index (χ1) is 10.1. The summed E-state index contributed by atoms with van der Waals surface area (Å²) in [6.07, 6.45) is 1.08. The predicted octanol–water partition coefficient (Wildman–Crippen LogP) is 1.47. The molecule has 2 aromatic rings. The number of aliphatic carboxylic acids is 1. The Labute approximate surface area is 119 Å². The zero-order chi connectivity index (χ0) is 15.0. The molecule has 3 rings (SSSR count). The Bertz CT molecular complexity index is 759. The molecule has 1 atom stereocenters. The lowest BCUT2D eigenvalue weighted by Crippen LogP contribution is -2.31. The standard InChI is InChI=1S/C15H11NO5/c17-13-6-5-9(8-21-13)14(18)16-7-11(15(19)20)10-3-1-2-4-12(10)16/h1-6,8,11H,7H2,(H,19,20). The number of hydrogen-bond acceptors (Lipinski definition) is 4. The summed E-state index contributed by atoms with van der Waals surface area (Å²) < 4.78 is 4.68. The first kappa shape index (κ1) is 13.1. The van der Waals surface area contributed by atoms with E-state index in [1.165, 1.54) is 11.0 Å². The van der Waals surface area contributed by atoms with Crippen LogP contribution in [0.5, 0.6) is 0 Å². The van der Waals surface area contributed by atoms with Crippen LogP contribution in [0.15, 0.2) is 51.9 Å². The average molecular weight is 285 g/mol. The molecule has 6 nitrogen and oxygen atoms in total. The number of nitrogens with zero attached hydrogens (tertiary/aromatic N) is 1. The van der Waals surface area contributed by atoms with Crippen molar-refractivity contribution >= 4 is 17.6 Å². The van der Waals surface area contributed by atoms with Gasteiger partial charge in [0.25, 0.3) is 5.91 Å². The Balaban J connectivity index is 2.00. The number of benzene rings is 1. The Morgan fingerprint density at radius 3 is 2.62 bits per heavy atom. The molecule has 0 bridgehead atoms. The molecule has 0 radical (unpaired) electrons. The molecule has 0 spiro atoms. The van der Waals surface area contributed by atoms with E-state index in [0.717, 1.165) is 12.3 Å². The topological polar surface area (TPSA) is 87.8 Å². The molecule has 1 aliphatic rings. The second kappa shape index (κ2) is 4.90. The minimum Gasteiger partial charge on any atom is -0.481 e. The summed E-state index contributed by atoms with van der Waals surface area (Å²) in [4.78, 5) is 36.1. The van der Waals surface area contributed by atoms with Gasteiger partial charge in [-0.25, -0.2) is 4.79 Å². The molecule has 2 heterocycles. The van der Waals surface area contributed by atoms with Crippen LogP contribution in [0.4, 0.5) is 5.69 Å². The lowest BCUT2D eigenvalue weighted by Gasteiger charge is -2.16. The number of rotatable bonds is 2. The van der Waals surface area contributed by atoms with E-state index < -0.39 is 23.4 Å². The fourth-order valence-corrected chi connectivity index (χ4v) is 2.45. The summed E-state index contributed by atoms with van der Waals surface area (Å²) in [6, 6.07) is 9.41. The molecule has 0 aliphatic carbocycles. The maximum Gasteiger partial charge on any atom is 0.335 e. The van der Waals surface area contributed by atoms with Crippen LogP contribution in [0, 0.1) is 0 Å². The van der Waals surface area contributed by atoms with E-state index in [1.807, 2.05) is 0 Å². The lowest BCUT2D eigenvalue weighted by atomic mass is 10.0. The number of carbonyl (C=O) groups excluding carboxylic acids is 1. The van der Waals surface area contributed by atoms with E-state index in [-0.39, 0.29) is 12.1 Å². The predicted molar refractivity (Wildman–Crippen MR) is 73.5 cm³/mol. The average Bonchev–Trinajstić information content (AvgIpc) is 2.87. The molecule has 6 heteroatoms. The Morgan fingerprint density at radius 2 is 1.95 bits per heavy atom. The monoisotopic (exact) mass is 285 g/mol. The third-order valence-corrected chi connectivity index (χ3v) is 3.46. The van der Waals surface area contributed by atoms with Gasteiger partial charge in [0, 0.05) is 18.3 Å². The zero-order valence-corrected chi connectivity index (χ0v) is 10.9. The summed E-state index contributed by atoms with van der Waals surface area (Å²) >= 11 is 0. The Kier molecular flexibility index (Phi) is 3.06. The number of carboxylic acids is 1. The minimum atomic E-state index is -0.975. The van der Waals surface area contributed by atoms with Crippen molar-refractivity contribution in [3.8, 4) is 0 Å². The van der Waals surface area contributed by atoms with E-state index >= 15 is 0 Å². The first-order valence-corrected chi connectivity index (χ1v) is 6.30. The number of para-hydroxylation sites is 1. The van der Waals surface area contributed by atoms with Crippen LogP contribution in [0.1, 0.15) is 21.8 Å². The van der Waals surface area contributed by atoms with Crippen LogP contribution in [-0.4, -0.2) is 23.5 Å². The summed E-state index contributed by atoms with van der Waals surface area (Å²) in [5, 5.41) is 9.27. The molecule has 1 aromatic heterocycles. The molecule has 106 valence electrons. The number of fused-ring (bicyclic) bond motifs is 1. The quantitative estimate of drug-likeness (QED) is 0.902. The second-order valence-corrected chi connectivity index (χ2v) is 4.71. The smallest absolute Gasteiger partial charge is 0.335 e.